The Labute approximate surface area is 86.1 Å². The number of hydrogen-bond acceptors (Lipinski definition) is 1. The van der Waals surface area contributed by atoms with Gasteiger partial charge in [0.05, 0.1) is 0 Å². The number of benzene rings is 1. The quantitative estimate of drug-likeness (QED) is 0.647. The summed E-state index contributed by atoms with van der Waals surface area (Å²) in [5, 5.41) is 0. The molecule has 0 aliphatic rings. The van der Waals surface area contributed by atoms with Crippen molar-refractivity contribution >= 4 is 5.78 Å². The fraction of sp³-hybridized carbons (Fsp3) is 0.462. The van der Waals surface area contributed by atoms with Crippen molar-refractivity contribution in [3.8, 4) is 0 Å². The summed E-state index contributed by atoms with van der Waals surface area (Å²) in [7, 11) is 0. The van der Waals surface area contributed by atoms with E-state index in [4.69, 9.17) is 0 Å². The van der Waals surface area contributed by atoms with E-state index in [1.807, 2.05) is 30.3 Å². The van der Waals surface area contributed by atoms with E-state index >= 15 is 0 Å². The summed E-state index contributed by atoms with van der Waals surface area (Å²) in [5.74, 6) is 0.925. The minimum Gasteiger partial charge on any atom is -0.294 e. The number of hydrogen-bond donors (Lipinski definition) is 0. The summed E-state index contributed by atoms with van der Waals surface area (Å²) >= 11 is 0. The number of carbonyl (C=O) groups is 1. The third-order valence-corrected chi connectivity index (χ3v) is 2.66. The molecule has 1 nitrogen and oxygen atoms in total. The number of ketones is 1. The monoisotopic (exact) mass is 190 g/mol. The Kier molecular flexibility index (Phi) is 4.37. The van der Waals surface area contributed by atoms with Crippen LogP contribution in [0.3, 0.4) is 0 Å². The van der Waals surface area contributed by atoms with Crippen LogP contribution in [0.1, 0.15) is 43.5 Å². The smallest absolute Gasteiger partial charge is 0.162 e. The van der Waals surface area contributed by atoms with Crippen molar-refractivity contribution in [3.63, 3.8) is 0 Å². The molecule has 0 radical (unpaired) electrons. The largest absolute Gasteiger partial charge is 0.294 e. The summed E-state index contributed by atoms with van der Waals surface area (Å²) < 4.78 is 0. The molecule has 0 spiro atoms. The topological polar surface area (TPSA) is 17.1 Å². The first-order valence-electron chi connectivity index (χ1n) is 5.32. The Balaban J connectivity index is 2.44. The molecule has 1 aromatic carbocycles. The van der Waals surface area contributed by atoms with Crippen LogP contribution in [0.4, 0.5) is 0 Å². The summed E-state index contributed by atoms with van der Waals surface area (Å²) in [6.45, 7) is 4.36. The second-order valence-electron chi connectivity index (χ2n) is 3.84. The molecule has 0 unspecified atom stereocenters. The van der Waals surface area contributed by atoms with Crippen LogP contribution in [-0.2, 0) is 0 Å². The van der Waals surface area contributed by atoms with E-state index in [0.29, 0.717) is 12.3 Å². The molecule has 0 heterocycles. The van der Waals surface area contributed by atoms with Crippen LogP contribution >= 0.6 is 0 Å². The first kappa shape index (κ1) is 11.0. The van der Waals surface area contributed by atoms with Crippen molar-refractivity contribution in [2.45, 2.75) is 33.1 Å². The van der Waals surface area contributed by atoms with Crippen molar-refractivity contribution in [1.29, 1.82) is 0 Å². The van der Waals surface area contributed by atoms with Crippen LogP contribution in [0, 0.1) is 5.92 Å². The highest BCUT2D eigenvalue weighted by atomic mass is 16.1. The zero-order valence-corrected chi connectivity index (χ0v) is 8.99. The lowest BCUT2D eigenvalue weighted by Gasteiger charge is -2.06. The number of carbonyl (C=O) groups excluding carboxylic acids is 1. The number of rotatable bonds is 5. The highest BCUT2D eigenvalue weighted by Gasteiger charge is 2.06. The van der Waals surface area contributed by atoms with Crippen molar-refractivity contribution in [1.82, 2.24) is 0 Å². The lowest BCUT2D eigenvalue weighted by Crippen LogP contribution is -2.02. The Hall–Kier alpha value is -1.11. The van der Waals surface area contributed by atoms with Crippen LogP contribution in [0.2, 0.25) is 0 Å². The maximum absolute atomic E-state index is 11.7. The Morgan fingerprint density at radius 3 is 2.50 bits per heavy atom. The van der Waals surface area contributed by atoms with E-state index in [-0.39, 0.29) is 5.78 Å². The van der Waals surface area contributed by atoms with E-state index in [9.17, 15) is 4.79 Å². The molecule has 1 heteroatoms. The van der Waals surface area contributed by atoms with Gasteiger partial charge in [-0.3, -0.25) is 4.79 Å². The van der Waals surface area contributed by atoms with Gasteiger partial charge < -0.3 is 0 Å². The molecule has 0 saturated carbocycles. The molecule has 14 heavy (non-hydrogen) atoms. The third-order valence-electron chi connectivity index (χ3n) is 2.66. The molecule has 0 N–H and O–H groups in total. The van der Waals surface area contributed by atoms with Gasteiger partial charge in [-0.25, -0.2) is 0 Å². The van der Waals surface area contributed by atoms with Gasteiger partial charge in [0.2, 0.25) is 0 Å². The van der Waals surface area contributed by atoms with Crippen molar-refractivity contribution < 1.29 is 4.79 Å². The molecule has 0 fully saturated rings. The highest BCUT2D eigenvalue weighted by Crippen LogP contribution is 2.12. The van der Waals surface area contributed by atoms with Crippen molar-refractivity contribution in [2.24, 2.45) is 5.92 Å². The van der Waals surface area contributed by atoms with Gasteiger partial charge >= 0.3 is 0 Å². The van der Waals surface area contributed by atoms with Crippen molar-refractivity contribution in [3.05, 3.63) is 35.9 Å². The number of Topliss-reactive ketones (excluding diaryl/α,β-unsaturated/α-hetero) is 1. The standard InChI is InChI=1S/C13H18O/c1-3-11(2)9-10-13(14)12-7-5-4-6-8-12/h4-8,11H,3,9-10H2,1-2H3/t11-/m0/s1. The van der Waals surface area contributed by atoms with Gasteiger partial charge in [0, 0.05) is 12.0 Å². The molecular weight excluding hydrogens is 172 g/mol. The SMILES string of the molecule is CC[C@H](C)CCC(=O)c1ccccc1. The molecule has 0 bridgehead atoms. The lowest BCUT2D eigenvalue weighted by molar-refractivity contribution is 0.0974. The molecule has 0 saturated heterocycles. The zero-order valence-electron chi connectivity index (χ0n) is 8.99. The van der Waals surface area contributed by atoms with Gasteiger partial charge in [-0.15, -0.1) is 0 Å². The van der Waals surface area contributed by atoms with Gasteiger partial charge in [-0.05, 0) is 12.3 Å². The van der Waals surface area contributed by atoms with Crippen LogP contribution in [0.5, 0.6) is 0 Å². The van der Waals surface area contributed by atoms with Crippen LogP contribution < -0.4 is 0 Å². The zero-order chi connectivity index (χ0) is 10.4. The molecule has 1 aromatic rings. The van der Waals surface area contributed by atoms with Crippen molar-refractivity contribution in [2.75, 3.05) is 0 Å². The first-order chi connectivity index (χ1) is 6.74. The second kappa shape index (κ2) is 5.58. The van der Waals surface area contributed by atoms with E-state index < -0.39 is 0 Å². The Bertz CT molecular complexity index is 277. The summed E-state index contributed by atoms with van der Waals surface area (Å²) in [4.78, 5) is 11.7. The van der Waals surface area contributed by atoms with Gasteiger partial charge in [-0.1, -0.05) is 50.6 Å². The maximum atomic E-state index is 11.7. The summed E-state index contributed by atoms with van der Waals surface area (Å²) in [6.07, 6.45) is 2.84. The van der Waals surface area contributed by atoms with Gasteiger partial charge in [0.25, 0.3) is 0 Å². The second-order valence-corrected chi connectivity index (χ2v) is 3.84. The minimum absolute atomic E-state index is 0.269. The van der Waals surface area contributed by atoms with Gasteiger partial charge in [-0.2, -0.15) is 0 Å². The molecular formula is C13H18O. The molecule has 1 rings (SSSR count). The predicted octanol–water partition coefficient (Wildman–Crippen LogP) is 3.70. The minimum atomic E-state index is 0.269. The van der Waals surface area contributed by atoms with E-state index in [0.717, 1.165) is 18.4 Å². The first-order valence-corrected chi connectivity index (χ1v) is 5.32. The average Bonchev–Trinajstić information content (AvgIpc) is 2.26. The van der Waals surface area contributed by atoms with Crippen LogP contribution in [0.25, 0.3) is 0 Å². The third kappa shape index (κ3) is 3.33. The van der Waals surface area contributed by atoms with Crippen LogP contribution in [0.15, 0.2) is 30.3 Å². The normalized spacial score (nSPS) is 12.4. The Morgan fingerprint density at radius 2 is 1.93 bits per heavy atom. The highest BCUT2D eigenvalue weighted by molar-refractivity contribution is 5.95. The average molecular weight is 190 g/mol. The molecule has 0 aromatic heterocycles. The predicted molar refractivity (Wildman–Crippen MR) is 59.5 cm³/mol. The van der Waals surface area contributed by atoms with Gasteiger partial charge in [0.1, 0.15) is 0 Å². The summed E-state index contributed by atoms with van der Waals surface area (Å²) in [6, 6.07) is 9.54. The molecule has 76 valence electrons. The Morgan fingerprint density at radius 1 is 1.29 bits per heavy atom. The molecule has 1 atom stereocenters. The van der Waals surface area contributed by atoms with Gasteiger partial charge in [0.15, 0.2) is 5.78 Å². The lowest BCUT2D eigenvalue weighted by atomic mass is 9.98. The molecule has 0 amide bonds. The van der Waals surface area contributed by atoms with E-state index in [1.54, 1.807) is 0 Å². The fourth-order valence-electron chi connectivity index (χ4n) is 1.35. The summed E-state index contributed by atoms with van der Waals surface area (Å²) in [5.41, 5.74) is 0.843. The maximum Gasteiger partial charge on any atom is 0.162 e. The van der Waals surface area contributed by atoms with Crippen LogP contribution in [-0.4, -0.2) is 5.78 Å². The van der Waals surface area contributed by atoms with E-state index in [1.165, 1.54) is 0 Å². The molecule has 0 aliphatic carbocycles. The van der Waals surface area contributed by atoms with E-state index in [2.05, 4.69) is 13.8 Å². The fourth-order valence-corrected chi connectivity index (χ4v) is 1.35. The molecule has 0 aliphatic heterocycles.